The van der Waals surface area contributed by atoms with Gasteiger partial charge in [-0.3, -0.25) is 9.59 Å². The van der Waals surface area contributed by atoms with Gasteiger partial charge < -0.3 is 15.0 Å². The van der Waals surface area contributed by atoms with Gasteiger partial charge in [0.1, 0.15) is 0 Å². The number of nitrogens with zero attached hydrogens (tertiary/aromatic N) is 1. The van der Waals surface area contributed by atoms with E-state index in [4.69, 9.17) is 5.73 Å². The average molecular weight is 196 g/mol. The molecule has 1 aromatic heterocycles. The highest BCUT2D eigenvalue weighted by Crippen LogP contribution is 1.96. The Balaban J connectivity index is 2.64. The number of rotatable bonds is 3. The molecule has 0 atom stereocenters. The Morgan fingerprint density at radius 2 is 2.36 bits per heavy atom. The van der Waals surface area contributed by atoms with Crippen LogP contribution in [0.15, 0.2) is 23.3 Å². The summed E-state index contributed by atoms with van der Waals surface area (Å²) in [5.41, 5.74) is 5.38. The fourth-order valence-electron chi connectivity index (χ4n) is 1.01. The molecule has 14 heavy (non-hydrogen) atoms. The normalized spacial score (nSPS) is 9.79. The van der Waals surface area contributed by atoms with Gasteiger partial charge in [-0.25, -0.2) is 0 Å². The average Bonchev–Trinajstić information content (AvgIpc) is 2.19. The molecule has 76 valence electrons. The number of pyridine rings is 1. The Hall–Kier alpha value is -1.78. The van der Waals surface area contributed by atoms with Crippen molar-refractivity contribution >= 4 is 11.7 Å². The summed E-state index contributed by atoms with van der Waals surface area (Å²) in [4.78, 5) is 21.7. The van der Waals surface area contributed by atoms with Crippen LogP contribution < -0.4 is 11.2 Å². The summed E-state index contributed by atoms with van der Waals surface area (Å²) in [5, 5.41) is 0. The Kier molecular flexibility index (Phi) is 3.28. The van der Waals surface area contributed by atoms with Crippen LogP contribution in [0.5, 0.6) is 0 Å². The fourth-order valence-corrected chi connectivity index (χ4v) is 1.01. The number of carbonyl (C=O) groups excluding carboxylic acids is 1. The molecule has 0 spiro atoms. The van der Waals surface area contributed by atoms with Crippen molar-refractivity contribution in [2.24, 2.45) is 0 Å². The standard InChI is InChI=1S/C9H12N2O3/c1-14-9(13)3-5-11-4-2-8(12)7(10)6-11/h2,4,6H,3,5,10H2,1H3. The molecule has 1 heterocycles. The molecule has 2 N–H and O–H groups in total. The van der Waals surface area contributed by atoms with Crippen LogP contribution in [-0.4, -0.2) is 17.6 Å². The summed E-state index contributed by atoms with van der Waals surface area (Å²) in [6.45, 7) is 0.456. The highest BCUT2D eigenvalue weighted by atomic mass is 16.5. The molecule has 0 saturated carbocycles. The molecule has 5 heteroatoms. The maximum Gasteiger partial charge on any atom is 0.307 e. The zero-order valence-electron chi connectivity index (χ0n) is 7.90. The number of nitrogen functional groups attached to an aromatic ring is 1. The van der Waals surface area contributed by atoms with Crippen LogP contribution in [0.1, 0.15) is 6.42 Å². The quantitative estimate of drug-likeness (QED) is 0.690. The summed E-state index contributed by atoms with van der Waals surface area (Å²) in [6.07, 6.45) is 3.35. The maximum atomic E-state index is 10.9. The second kappa shape index (κ2) is 4.45. The molecule has 0 aliphatic carbocycles. The van der Waals surface area contributed by atoms with E-state index in [2.05, 4.69) is 4.74 Å². The number of nitrogens with two attached hydrogens (primary N) is 1. The van der Waals surface area contributed by atoms with E-state index in [0.29, 0.717) is 6.54 Å². The molecule has 0 aliphatic rings. The third kappa shape index (κ3) is 2.62. The van der Waals surface area contributed by atoms with Crippen LogP contribution >= 0.6 is 0 Å². The minimum atomic E-state index is -0.290. The molecular formula is C9H12N2O3. The first-order valence-electron chi connectivity index (χ1n) is 4.16. The number of carbonyl (C=O) groups is 1. The van der Waals surface area contributed by atoms with E-state index in [1.807, 2.05) is 0 Å². The van der Waals surface area contributed by atoms with E-state index in [0.717, 1.165) is 0 Å². The molecule has 0 fully saturated rings. The van der Waals surface area contributed by atoms with E-state index >= 15 is 0 Å². The number of esters is 1. The van der Waals surface area contributed by atoms with E-state index < -0.39 is 0 Å². The predicted octanol–water partition coefficient (Wildman–Crippen LogP) is -0.00640. The van der Waals surface area contributed by atoms with Gasteiger partial charge in [0.2, 0.25) is 5.43 Å². The number of anilines is 1. The lowest BCUT2D eigenvalue weighted by atomic mass is 10.3. The van der Waals surface area contributed by atoms with Crippen molar-refractivity contribution in [2.45, 2.75) is 13.0 Å². The third-order valence-corrected chi connectivity index (χ3v) is 1.81. The number of aryl methyl sites for hydroxylation is 1. The lowest BCUT2D eigenvalue weighted by molar-refractivity contribution is -0.140. The van der Waals surface area contributed by atoms with Crippen molar-refractivity contribution in [2.75, 3.05) is 12.8 Å². The molecule has 5 nitrogen and oxygen atoms in total. The minimum absolute atomic E-state index is 0.178. The van der Waals surface area contributed by atoms with Gasteiger partial charge >= 0.3 is 5.97 Å². The predicted molar refractivity (Wildman–Crippen MR) is 51.7 cm³/mol. The number of hydrogen-bond donors (Lipinski definition) is 1. The molecule has 0 bridgehead atoms. The van der Waals surface area contributed by atoms with Gasteiger partial charge in [0, 0.05) is 25.0 Å². The number of ether oxygens (including phenoxy) is 1. The van der Waals surface area contributed by atoms with Gasteiger partial charge in [-0.2, -0.15) is 0 Å². The zero-order chi connectivity index (χ0) is 10.6. The molecule has 0 amide bonds. The van der Waals surface area contributed by atoms with Crippen LogP contribution in [0, 0.1) is 0 Å². The van der Waals surface area contributed by atoms with Crippen LogP contribution in [0.4, 0.5) is 5.69 Å². The van der Waals surface area contributed by atoms with Gasteiger partial charge in [-0.1, -0.05) is 0 Å². The summed E-state index contributed by atoms with van der Waals surface area (Å²) in [5.74, 6) is -0.290. The van der Waals surface area contributed by atoms with E-state index in [1.165, 1.54) is 19.4 Å². The first-order valence-corrected chi connectivity index (χ1v) is 4.16. The van der Waals surface area contributed by atoms with Crippen molar-refractivity contribution in [1.29, 1.82) is 0 Å². The van der Waals surface area contributed by atoms with Crippen molar-refractivity contribution in [3.63, 3.8) is 0 Å². The molecule has 0 aromatic carbocycles. The molecule has 1 aromatic rings. The van der Waals surface area contributed by atoms with E-state index in [-0.39, 0.29) is 23.5 Å². The van der Waals surface area contributed by atoms with Gasteiger partial charge in [-0.05, 0) is 0 Å². The molecule has 0 saturated heterocycles. The Morgan fingerprint density at radius 1 is 1.64 bits per heavy atom. The highest BCUT2D eigenvalue weighted by molar-refractivity contribution is 5.68. The van der Waals surface area contributed by atoms with E-state index in [9.17, 15) is 9.59 Å². The van der Waals surface area contributed by atoms with Crippen LogP contribution in [0.2, 0.25) is 0 Å². The van der Waals surface area contributed by atoms with Gasteiger partial charge in [0.15, 0.2) is 0 Å². The molecule has 0 unspecified atom stereocenters. The number of methoxy groups -OCH3 is 1. The van der Waals surface area contributed by atoms with E-state index in [1.54, 1.807) is 10.8 Å². The molecule has 0 aliphatic heterocycles. The van der Waals surface area contributed by atoms with Gasteiger partial charge in [0.25, 0.3) is 0 Å². The van der Waals surface area contributed by atoms with Crippen LogP contribution in [0.3, 0.4) is 0 Å². The lowest BCUT2D eigenvalue weighted by Crippen LogP contribution is -2.12. The fraction of sp³-hybridized carbons (Fsp3) is 0.333. The topological polar surface area (TPSA) is 74.3 Å². The number of hydrogen-bond acceptors (Lipinski definition) is 4. The molecule has 0 radical (unpaired) electrons. The second-order valence-electron chi connectivity index (χ2n) is 2.83. The third-order valence-electron chi connectivity index (χ3n) is 1.81. The Morgan fingerprint density at radius 3 is 2.93 bits per heavy atom. The summed E-state index contributed by atoms with van der Waals surface area (Å²) >= 11 is 0. The van der Waals surface area contributed by atoms with Crippen molar-refractivity contribution in [3.05, 3.63) is 28.7 Å². The Labute approximate surface area is 81.1 Å². The van der Waals surface area contributed by atoms with Crippen molar-refractivity contribution in [1.82, 2.24) is 4.57 Å². The molecular weight excluding hydrogens is 184 g/mol. The van der Waals surface area contributed by atoms with Gasteiger partial charge in [-0.15, -0.1) is 0 Å². The molecule has 1 rings (SSSR count). The van der Waals surface area contributed by atoms with Crippen molar-refractivity contribution in [3.8, 4) is 0 Å². The monoisotopic (exact) mass is 196 g/mol. The summed E-state index contributed by atoms with van der Waals surface area (Å²) in [7, 11) is 1.34. The van der Waals surface area contributed by atoms with Crippen LogP contribution in [-0.2, 0) is 16.1 Å². The van der Waals surface area contributed by atoms with Crippen LogP contribution in [0.25, 0.3) is 0 Å². The van der Waals surface area contributed by atoms with Gasteiger partial charge in [0.05, 0.1) is 19.2 Å². The largest absolute Gasteiger partial charge is 0.469 e. The second-order valence-corrected chi connectivity index (χ2v) is 2.83. The summed E-state index contributed by atoms with van der Waals surface area (Å²) in [6, 6.07) is 1.37. The first kappa shape index (κ1) is 10.3. The minimum Gasteiger partial charge on any atom is -0.469 e. The summed E-state index contributed by atoms with van der Waals surface area (Å²) < 4.78 is 6.15. The highest BCUT2D eigenvalue weighted by Gasteiger charge is 2.00. The lowest BCUT2D eigenvalue weighted by Gasteiger charge is -2.05. The van der Waals surface area contributed by atoms with Crippen molar-refractivity contribution < 1.29 is 9.53 Å². The number of aromatic nitrogens is 1. The zero-order valence-corrected chi connectivity index (χ0v) is 7.90. The smallest absolute Gasteiger partial charge is 0.307 e. The maximum absolute atomic E-state index is 10.9. The Bertz CT molecular complexity index is 384. The SMILES string of the molecule is COC(=O)CCn1ccc(=O)c(N)c1. The first-order chi connectivity index (χ1) is 6.63.